The lowest BCUT2D eigenvalue weighted by Crippen LogP contribution is -1.99. The van der Waals surface area contributed by atoms with E-state index < -0.39 is 5.97 Å². The zero-order valence-corrected chi connectivity index (χ0v) is 10.2. The van der Waals surface area contributed by atoms with Crippen molar-refractivity contribution in [2.24, 2.45) is 0 Å². The average Bonchev–Trinajstić information content (AvgIpc) is 2.22. The normalized spacial score (nSPS) is 9.25. The van der Waals surface area contributed by atoms with Crippen LogP contribution in [-0.4, -0.2) is 12.6 Å². The molecule has 0 saturated carbocycles. The molecule has 0 aliphatic carbocycles. The first kappa shape index (κ1) is 12.3. The number of ether oxygens (including phenoxy) is 1. The third kappa shape index (κ3) is 3.13. The summed E-state index contributed by atoms with van der Waals surface area (Å²) in [5.74, 6) is 4.85. The van der Waals surface area contributed by atoms with Gasteiger partial charge in [0.15, 0.2) is 0 Å². The fraction of sp³-hybridized carbons (Fsp3) is 0.357. The minimum absolute atomic E-state index is 0.361. The Morgan fingerprint density at radius 2 is 1.81 bits per heavy atom. The molecule has 0 unspecified atom stereocenters. The lowest BCUT2D eigenvalue weighted by atomic mass is 10.0. The molecule has 0 aliphatic heterocycles. The van der Waals surface area contributed by atoms with Gasteiger partial charge in [-0.15, -0.1) is 0 Å². The maximum absolute atomic E-state index is 11.1. The highest BCUT2D eigenvalue weighted by Crippen LogP contribution is 2.14. The van der Waals surface area contributed by atoms with Gasteiger partial charge in [-0.2, -0.15) is 0 Å². The average molecular weight is 216 g/mol. The van der Waals surface area contributed by atoms with Crippen molar-refractivity contribution in [2.45, 2.75) is 27.7 Å². The first-order valence-corrected chi connectivity index (χ1v) is 5.31. The number of esters is 1. The highest BCUT2D eigenvalue weighted by molar-refractivity contribution is 5.89. The molecule has 1 aromatic carbocycles. The third-order valence-corrected chi connectivity index (χ3v) is 2.42. The molecule has 0 aromatic heterocycles. The Balaban J connectivity index is 2.97. The predicted molar refractivity (Wildman–Crippen MR) is 64.2 cm³/mol. The predicted octanol–water partition coefficient (Wildman–Crippen LogP) is 2.53. The first-order valence-electron chi connectivity index (χ1n) is 5.31. The van der Waals surface area contributed by atoms with Crippen LogP contribution in [0.25, 0.3) is 0 Å². The molecule has 0 saturated heterocycles. The molecule has 0 spiro atoms. The Bertz CT molecular complexity index is 462. The second-order valence-corrected chi connectivity index (χ2v) is 3.72. The van der Waals surface area contributed by atoms with Crippen LogP contribution < -0.4 is 0 Å². The van der Waals surface area contributed by atoms with Crippen molar-refractivity contribution < 1.29 is 9.53 Å². The third-order valence-electron chi connectivity index (χ3n) is 2.42. The molecule has 2 heteroatoms. The molecule has 0 amide bonds. The Labute approximate surface area is 96.6 Å². The summed E-state index contributed by atoms with van der Waals surface area (Å²) in [7, 11) is 0. The largest absolute Gasteiger partial charge is 0.456 e. The van der Waals surface area contributed by atoms with E-state index in [1.807, 2.05) is 19.9 Å². The first-order chi connectivity index (χ1) is 7.54. The van der Waals surface area contributed by atoms with Crippen molar-refractivity contribution in [3.05, 3.63) is 34.4 Å². The van der Waals surface area contributed by atoms with Crippen LogP contribution in [0, 0.1) is 32.6 Å². The zero-order chi connectivity index (χ0) is 12.1. The Morgan fingerprint density at radius 3 is 2.44 bits per heavy atom. The summed E-state index contributed by atoms with van der Waals surface area (Å²) in [4.78, 5) is 11.1. The topological polar surface area (TPSA) is 26.3 Å². The van der Waals surface area contributed by atoms with Gasteiger partial charge in [-0.1, -0.05) is 12.0 Å². The number of hydrogen-bond donors (Lipinski definition) is 0. The van der Waals surface area contributed by atoms with Gasteiger partial charge in [-0.05, 0) is 50.5 Å². The van der Waals surface area contributed by atoms with E-state index in [2.05, 4.69) is 24.8 Å². The summed E-state index contributed by atoms with van der Waals surface area (Å²) >= 11 is 0. The van der Waals surface area contributed by atoms with E-state index in [1.165, 1.54) is 11.1 Å². The van der Waals surface area contributed by atoms with Crippen LogP contribution in [0.1, 0.15) is 29.2 Å². The van der Waals surface area contributed by atoms with Crippen LogP contribution in [0.3, 0.4) is 0 Å². The van der Waals surface area contributed by atoms with Gasteiger partial charge in [0.25, 0.3) is 0 Å². The number of hydrogen-bond acceptors (Lipinski definition) is 2. The lowest BCUT2D eigenvalue weighted by Gasteiger charge is -2.03. The molecule has 0 radical (unpaired) electrons. The van der Waals surface area contributed by atoms with Crippen LogP contribution in [0.15, 0.2) is 12.1 Å². The molecule has 0 aliphatic rings. The standard InChI is InChI=1S/C14H16O2/c1-5-16-14(15)7-6-13-9-11(3)10(2)8-12(13)4/h8-9H,5H2,1-4H3. The summed E-state index contributed by atoms with van der Waals surface area (Å²) in [6, 6.07) is 4.07. The number of rotatable bonds is 1. The summed E-state index contributed by atoms with van der Waals surface area (Å²) in [6.45, 7) is 8.21. The van der Waals surface area contributed by atoms with E-state index >= 15 is 0 Å². The SMILES string of the molecule is CCOC(=O)C#Cc1cc(C)c(C)cc1C. The van der Waals surface area contributed by atoms with Crippen molar-refractivity contribution in [2.75, 3.05) is 6.61 Å². The van der Waals surface area contributed by atoms with E-state index in [4.69, 9.17) is 4.74 Å². The van der Waals surface area contributed by atoms with Crippen LogP contribution in [-0.2, 0) is 9.53 Å². The molecule has 2 nitrogen and oxygen atoms in total. The van der Waals surface area contributed by atoms with E-state index in [0.29, 0.717) is 6.61 Å². The van der Waals surface area contributed by atoms with Crippen LogP contribution in [0.5, 0.6) is 0 Å². The molecule has 0 N–H and O–H groups in total. The quantitative estimate of drug-likeness (QED) is 0.532. The molecule has 0 atom stereocenters. The molecule has 0 heterocycles. The smallest absolute Gasteiger partial charge is 0.384 e. The Hall–Kier alpha value is -1.75. The second-order valence-electron chi connectivity index (χ2n) is 3.72. The summed E-state index contributed by atoms with van der Waals surface area (Å²) in [6.07, 6.45) is 0. The molecule has 16 heavy (non-hydrogen) atoms. The molecular weight excluding hydrogens is 200 g/mol. The minimum Gasteiger partial charge on any atom is -0.456 e. The molecular formula is C14H16O2. The maximum Gasteiger partial charge on any atom is 0.384 e. The molecule has 1 aromatic rings. The monoisotopic (exact) mass is 216 g/mol. The number of aryl methyl sites for hydroxylation is 3. The van der Waals surface area contributed by atoms with E-state index in [9.17, 15) is 4.79 Å². The Morgan fingerprint density at radius 1 is 1.19 bits per heavy atom. The second kappa shape index (κ2) is 5.37. The van der Waals surface area contributed by atoms with Gasteiger partial charge in [0, 0.05) is 11.5 Å². The van der Waals surface area contributed by atoms with Gasteiger partial charge in [0.05, 0.1) is 6.61 Å². The minimum atomic E-state index is -0.472. The van der Waals surface area contributed by atoms with Crippen LogP contribution >= 0.6 is 0 Å². The molecule has 1 rings (SSSR count). The number of carbonyl (C=O) groups is 1. The van der Waals surface area contributed by atoms with Gasteiger partial charge in [-0.3, -0.25) is 0 Å². The maximum atomic E-state index is 11.1. The molecule has 0 bridgehead atoms. The number of carbonyl (C=O) groups excluding carboxylic acids is 1. The highest BCUT2D eigenvalue weighted by Gasteiger charge is 2.00. The van der Waals surface area contributed by atoms with Crippen molar-refractivity contribution in [3.8, 4) is 11.8 Å². The van der Waals surface area contributed by atoms with Crippen molar-refractivity contribution >= 4 is 5.97 Å². The van der Waals surface area contributed by atoms with Gasteiger partial charge in [0.1, 0.15) is 0 Å². The summed E-state index contributed by atoms with van der Waals surface area (Å²) < 4.78 is 4.74. The molecule has 0 fully saturated rings. The van der Waals surface area contributed by atoms with Crippen molar-refractivity contribution in [1.82, 2.24) is 0 Å². The fourth-order valence-electron chi connectivity index (χ4n) is 1.38. The van der Waals surface area contributed by atoms with Crippen LogP contribution in [0.2, 0.25) is 0 Å². The fourth-order valence-corrected chi connectivity index (χ4v) is 1.38. The highest BCUT2D eigenvalue weighted by atomic mass is 16.5. The van der Waals surface area contributed by atoms with Crippen molar-refractivity contribution in [3.63, 3.8) is 0 Å². The van der Waals surface area contributed by atoms with E-state index in [-0.39, 0.29) is 0 Å². The van der Waals surface area contributed by atoms with Crippen LogP contribution in [0.4, 0.5) is 0 Å². The summed E-state index contributed by atoms with van der Waals surface area (Å²) in [5, 5.41) is 0. The summed E-state index contributed by atoms with van der Waals surface area (Å²) in [5.41, 5.74) is 4.38. The van der Waals surface area contributed by atoms with Gasteiger partial charge >= 0.3 is 5.97 Å². The van der Waals surface area contributed by atoms with Gasteiger partial charge in [-0.25, -0.2) is 4.79 Å². The zero-order valence-electron chi connectivity index (χ0n) is 10.2. The Kier molecular flexibility index (Phi) is 4.13. The van der Waals surface area contributed by atoms with E-state index in [1.54, 1.807) is 6.92 Å². The lowest BCUT2D eigenvalue weighted by molar-refractivity contribution is -0.136. The van der Waals surface area contributed by atoms with E-state index in [0.717, 1.165) is 11.1 Å². The van der Waals surface area contributed by atoms with Gasteiger partial charge < -0.3 is 4.74 Å². The van der Waals surface area contributed by atoms with Crippen molar-refractivity contribution in [1.29, 1.82) is 0 Å². The van der Waals surface area contributed by atoms with Gasteiger partial charge in [0.2, 0.25) is 0 Å². The number of benzene rings is 1. The molecule has 84 valence electrons.